The predicted molar refractivity (Wildman–Crippen MR) is 113 cm³/mol. The van der Waals surface area contributed by atoms with E-state index < -0.39 is 0 Å². The quantitative estimate of drug-likeness (QED) is 0.377. The van der Waals surface area contributed by atoms with Crippen molar-refractivity contribution in [3.63, 3.8) is 0 Å². The van der Waals surface area contributed by atoms with E-state index in [0.29, 0.717) is 43.0 Å². The highest BCUT2D eigenvalue weighted by Crippen LogP contribution is 2.36. The number of aromatic nitrogens is 3. The minimum absolute atomic E-state index is 0.259. The van der Waals surface area contributed by atoms with Crippen molar-refractivity contribution in [3.8, 4) is 0 Å². The maximum atomic E-state index is 13.2. The van der Waals surface area contributed by atoms with E-state index in [2.05, 4.69) is 10.1 Å². The van der Waals surface area contributed by atoms with Gasteiger partial charge < -0.3 is 0 Å². The van der Waals surface area contributed by atoms with Gasteiger partial charge in [-0.15, -0.1) is 11.3 Å². The molecule has 0 atom stereocenters. The molecule has 0 saturated carbocycles. The first kappa shape index (κ1) is 18.7. The number of amides is 1. The molecule has 3 heterocycles. The molecule has 0 aliphatic carbocycles. The monoisotopic (exact) mass is 456 g/mol. The van der Waals surface area contributed by atoms with E-state index in [1.807, 2.05) is 24.4 Å². The number of anilines is 1. The van der Waals surface area contributed by atoms with Crippen molar-refractivity contribution < 1.29 is 4.79 Å². The van der Waals surface area contributed by atoms with Crippen molar-refractivity contribution in [3.05, 3.63) is 62.0 Å². The van der Waals surface area contributed by atoms with Crippen LogP contribution < -0.4 is 4.90 Å². The molecule has 0 saturated heterocycles. The SMILES string of the molecule is O=C(c1cc(Cl)sc1Cl)N(CCn1cccn1)c1nc2c(Cl)cccc2s1. The first-order valence-corrected chi connectivity index (χ1v) is 10.6. The molecular weight excluding hydrogens is 447 g/mol. The maximum absolute atomic E-state index is 13.2. The van der Waals surface area contributed by atoms with Crippen molar-refractivity contribution >= 4 is 78.7 Å². The number of hydrogen-bond acceptors (Lipinski definition) is 5. The van der Waals surface area contributed by atoms with Crippen molar-refractivity contribution in [2.75, 3.05) is 11.4 Å². The summed E-state index contributed by atoms with van der Waals surface area (Å²) in [6.45, 7) is 0.889. The third-order valence-corrected chi connectivity index (χ3v) is 6.67. The zero-order chi connectivity index (χ0) is 19.0. The van der Waals surface area contributed by atoms with Gasteiger partial charge in [-0.05, 0) is 24.3 Å². The summed E-state index contributed by atoms with van der Waals surface area (Å²) in [6.07, 6.45) is 3.53. The fraction of sp³-hybridized carbons (Fsp3) is 0.118. The van der Waals surface area contributed by atoms with Crippen LogP contribution in [0.1, 0.15) is 10.4 Å². The van der Waals surface area contributed by atoms with Crippen LogP contribution in [0.25, 0.3) is 10.2 Å². The number of thiazole rings is 1. The van der Waals surface area contributed by atoms with Crippen LogP contribution >= 0.6 is 57.5 Å². The lowest BCUT2D eigenvalue weighted by Crippen LogP contribution is -2.34. The Labute approximate surface area is 177 Å². The Morgan fingerprint density at radius 1 is 1.19 bits per heavy atom. The van der Waals surface area contributed by atoms with Crippen LogP contribution in [0.3, 0.4) is 0 Å². The first-order valence-electron chi connectivity index (χ1n) is 7.82. The van der Waals surface area contributed by atoms with Crippen LogP contribution in [-0.2, 0) is 6.54 Å². The van der Waals surface area contributed by atoms with Crippen LogP contribution in [0, 0.1) is 0 Å². The summed E-state index contributed by atoms with van der Waals surface area (Å²) < 4.78 is 3.47. The van der Waals surface area contributed by atoms with Crippen LogP contribution in [0.15, 0.2) is 42.7 Å². The number of thiophene rings is 1. The topological polar surface area (TPSA) is 51.0 Å². The van der Waals surface area contributed by atoms with Gasteiger partial charge in [0.2, 0.25) is 0 Å². The second kappa shape index (κ2) is 7.77. The minimum atomic E-state index is -0.259. The first-order chi connectivity index (χ1) is 13.0. The number of carbonyl (C=O) groups excluding carboxylic acids is 1. The average molecular weight is 458 g/mol. The van der Waals surface area contributed by atoms with E-state index >= 15 is 0 Å². The molecule has 0 aliphatic heterocycles. The third-order valence-electron chi connectivity index (χ3n) is 3.83. The van der Waals surface area contributed by atoms with Crippen LogP contribution in [0.5, 0.6) is 0 Å². The Morgan fingerprint density at radius 3 is 2.70 bits per heavy atom. The summed E-state index contributed by atoms with van der Waals surface area (Å²) in [5, 5.41) is 5.28. The van der Waals surface area contributed by atoms with Crippen molar-refractivity contribution in [1.29, 1.82) is 0 Å². The molecule has 5 nitrogen and oxygen atoms in total. The normalized spacial score (nSPS) is 11.2. The highest BCUT2D eigenvalue weighted by Gasteiger charge is 2.25. The van der Waals surface area contributed by atoms with Gasteiger partial charge in [0.05, 0.1) is 26.2 Å². The maximum Gasteiger partial charge on any atom is 0.262 e. The molecule has 138 valence electrons. The fourth-order valence-corrected chi connectivity index (χ4v) is 5.31. The smallest absolute Gasteiger partial charge is 0.262 e. The lowest BCUT2D eigenvalue weighted by molar-refractivity contribution is 0.0986. The van der Waals surface area contributed by atoms with Gasteiger partial charge in [-0.2, -0.15) is 5.10 Å². The molecule has 3 aromatic heterocycles. The number of benzene rings is 1. The minimum Gasteiger partial charge on any atom is -0.282 e. The zero-order valence-corrected chi connectivity index (χ0v) is 17.5. The summed E-state index contributed by atoms with van der Waals surface area (Å²) in [7, 11) is 0. The largest absolute Gasteiger partial charge is 0.282 e. The van der Waals surface area contributed by atoms with Crippen LogP contribution in [0.2, 0.25) is 13.7 Å². The Balaban J connectivity index is 1.73. The second-order valence-electron chi connectivity index (χ2n) is 5.55. The fourth-order valence-electron chi connectivity index (χ4n) is 2.57. The molecule has 1 amide bonds. The molecule has 4 aromatic rings. The van der Waals surface area contributed by atoms with Gasteiger partial charge in [-0.1, -0.05) is 52.2 Å². The predicted octanol–water partition coefficient (Wildman–Crippen LogP) is 5.86. The molecule has 0 spiro atoms. The summed E-state index contributed by atoms with van der Waals surface area (Å²) in [5.74, 6) is -0.259. The number of carbonyl (C=O) groups is 1. The number of nitrogens with zero attached hydrogens (tertiary/aromatic N) is 4. The molecule has 4 rings (SSSR count). The number of rotatable bonds is 5. The average Bonchev–Trinajstić information content (AvgIpc) is 3.35. The van der Waals surface area contributed by atoms with Gasteiger partial charge in [0, 0.05) is 18.9 Å². The molecule has 0 unspecified atom stereocenters. The Hall–Kier alpha value is -1.64. The van der Waals surface area contributed by atoms with E-state index in [0.717, 1.165) is 16.0 Å². The molecule has 0 fully saturated rings. The third kappa shape index (κ3) is 3.83. The van der Waals surface area contributed by atoms with Gasteiger partial charge in [0.15, 0.2) is 5.13 Å². The van der Waals surface area contributed by atoms with Gasteiger partial charge >= 0.3 is 0 Å². The van der Waals surface area contributed by atoms with Crippen LogP contribution in [0.4, 0.5) is 5.13 Å². The Kier molecular flexibility index (Phi) is 5.39. The molecule has 0 radical (unpaired) electrons. The summed E-state index contributed by atoms with van der Waals surface area (Å²) in [5.41, 5.74) is 1.03. The van der Waals surface area contributed by atoms with E-state index in [1.54, 1.807) is 27.9 Å². The lowest BCUT2D eigenvalue weighted by atomic mass is 10.3. The van der Waals surface area contributed by atoms with Gasteiger partial charge in [-0.3, -0.25) is 14.4 Å². The highest BCUT2D eigenvalue weighted by molar-refractivity contribution is 7.22. The summed E-state index contributed by atoms with van der Waals surface area (Å²) in [6, 6.07) is 8.97. The van der Waals surface area contributed by atoms with E-state index in [9.17, 15) is 4.79 Å². The molecule has 0 aliphatic rings. The zero-order valence-electron chi connectivity index (χ0n) is 13.6. The van der Waals surface area contributed by atoms with Crippen molar-refractivity contribution in [2.24, 2.45) is 0 Å². The van der Waals surface area contributed by atoms with E-state index in [4.69, 9.17) is 34.8 Å². The number of hydrogen-bond donors (Lipinski definition) is 0. The molecule has 10 heteroatoms. The number of fused-ring (bicyclic) bond motifs is 1. The molecule has 27 heavy (non-hydrogen) atoms. The second-order valence-corrected chi connectivity index (χ2v) is 9.25. The molecule has 1 aromatic carbocycles. The van der Waals surface area contributed by atoms with Crippen molar-refractivity contribution in [2.45, 2.75) is 6.54 Å². The molecule has 0 N–H and O–H groups in total. The number of halogens is 3. The van der Waals surface area contributed by atoms with E-state index in [-0.39, 0.29) is 5.91 Å². The van der Waals surface area contributed by atoms with Gasteiger partial charge in [0.25, 0.3) is 5.91 Å². The van der Waals surface area contributed by atoms with E-state index in [1.165, 1.54) is 11.3 Å². The van der Waals surface area contributed by atoms with Crippen LogP contribution in [-0.4, -0.2) is 27.2 Å². The highest BCUT2D eigenvalue weighted by atomic mass is 35.5. The Morgan fingerprint density at radius 2 is 2.04 bits per heavy atom. The summed E-state index contributed by atoms with van der Waals surface area (Å²) >= 11 is 21.0. The molecule has 0 bridgehead atoms. The van der Waals surface area contributed by atoms with Crippen molar-refractivity contribution in [1.82, 2.24) is 14.8 Å². The van der Waals surface area contributed by atoms with Gasteiger partial charge in [-0.25, -0.2) is 4.98 Å². The standard InChI is InChI=1S/C17H11Cl3N4OS2/c18-11-3-1-4-12-14(11)22-17(26-12)24(8-7-23-6-2-5-21-23)16(25)10-9-13(19)27-15(10)20/h1-6,9H,7-8H2. The summed E-state index contributed by atoms with van der Waals surface area (Å²) in [4.78, 5) is 19.4. The lowest BCUT2D eigenvalue weighted by Gasteiger charge is -2.19. The Bertz CT molecular complexity index is 1110. The van der Waals surface area contributed by atoms with Gasteiger partial charge in [0.1, 0.15) is 9.85 Å². The molecular formula is C17H11Cl3N4OS2. The number of para-hydroxylation sites is 1.